The summed E-state index contributed by atoms with van der Waals surface area (Å²) in [5.41, 5.74) is -1.17. The zero-order valence-electron chi connectivity index (χ0n) is 17.1. The molecule has 0 aromatic heterocycles. The van der Waals surface area contributed by atoms with E-state index in [2.05, 4.69) is 4.72 Å². The highest BCUT2D eigenvalue weighted by Gasteiger charge is 2.36. The second-order valence-electron chi connectivity index (χ2n) is 8.37. The molecule has 10 heteroatoms. The van der Waals surface area contributed by atoms with Crippen LogP contribution in [0.4, 0.5) is 18.9 Å². The van der Waals surface area contributed by atoms with Crippen LogP contribution in [0.5, 0.6) is 0 Å². The number of β-amino-alcohol motifs (C(OH)–C–C–N with tert-alkyl or cyclic N) is 1. The summed E-state index contributed by atoms with van der Waals surface area (Å²) in [5, 5.41) is 9.99. The van der Waals surface area contributed by atoms with Crippen molar-refractivity contribution in [2.75, 3.05) is 38.3 Å². The first-order chi connectivity index (χ1) is 13.3. The van der Waals surface area contributed by atoms with Gasteiger partial charge in [-0.05, 0) is 30.0 Å². The fraction of sp³-hybridized carbons (Fsp3) is 0.684. The average Bonchev–Trinajstić information content (AvgIpc) is 2.92. The van der Waals surface area contributed by atoms with Crippen LogP contribution in [0.1, 0.15) is 32.8 Å². The molecule has 1 aliphatic rings. The first-order valence-corrected chi connectivity index (χ1v) is 10.9. The van der Waals surface area contributed by atoms with E-state index in [1.807, 2.05) is 13.8 Å². The number of hydrogen-bond acceptors (Lipinski definition) is 5. The molecule has 29 heavy (non-hydrogen) atoms. The number of aliphatic hydroxyl groups excluding tert-OH is 1. The van der Waals surface area contributed by atoms with Gasteiger partial charge in [-0.15, -0.1) is 0 Å². The molecule has 0 unspecified atom stereocenters. The Kier molecular flexibility index (Phi) is 7.25. The minimum Gasteiger partial charge on any atom is -0.391 e. The van der Waals surface area contributed by atoms with Gasteiger partial charge < -0.3 is 14.7 Å². The third-order valence-corrected chi connectivity index (χ3v) is 6.61. The summed E-state index contributed by atoms with van der Waals surface area (Å²) < 4.78 is 72.9. The number of anilines is 1. The molecule has 2 rings (SSSR count). The summed E-state index contributed by atoms with van der Waals surface area (Å²) in [6.45, 7) is 6.63. The first-order valence-electron chi connectivity index (χ1n) is 9.40. The molecule has 0 radical (unpaired) electrons. The fourth-order valence-corrected chi connectivity index (χ4v) is 4.66. The molecule has 1 aromatic rings. The molecule has 0 saturated carbocycles. The van der Waals surface area contributed by atoms with Gasteiger partial charge in [0, 0.05) is 32.7 Å². The number of halogens is 3. The summed E-state index contributed by atoms with van der Waals surface area (Å²) >= 11 is 0. The monoisotopic (exact) mass is 438 g/mol. The van der Waals surface area contributed by atoms with Crippen LogP contribution in [0.2, 0.25) is 0 Å². The number of methoxy groups -OCH3 is 1. The van der Waals surface area contributed by atoms with Gasteiger partial charge in [0.15, 0.2) is 0 Å². The van der Waals surface area contributed by atoms with Crippen LogP contribution in [0.25, 0.3) is 0 Å². The summed E-state index contributed by atoms with van der Waals surface area (Å²) in [5.74, 6) is -0.115. The second kappa shape index (κ2) is 8.79. The van der Waals surface area contributed by atoms with Gasteiger partial charge in [0.25, 0.3) is 0 Å². The van der Waals surface area contributed by atoms with Crippen molar-refractivity contribution in [1.29, 1.82) is 0 Å². The second-order valence-corrected chi connectivity index (χ2v) is 10.1. The number of nitrogens with zero attached hydrogens (tertiary/aromatic N) is 1. The van der Waals surface area contributed by atoms with Crippen LogP contribution in [0, 0.1) is 11.3 Å². The summed E-state index contributed by atoms with van der Waals surface area (Å²) in [7, 11) is -2.65. The summed E-state index contributed by atoms with van der Waals surface area (Å²) in [6, 6.07) is 2.69. The summed E-state index contributed by atoms with van der Waals surface area (Å²) in [6.07, 6.45) is -4.88. The van der Waals surface area contributed by atoms with Crippen molar-refractivity contribution in [3.8, 4) is 0 Å². The number of aliphatic hydroxyl groups is 1. The summed E-state index contributed by atoms with van der Waals surface area (Å²) in [4.78, 5) is 1.18. The van der Waals surface area contributed by atoms with E-state index in [4.69, 9.17) is 4.74 Å². The standard InChI is InChI=1S/C19H29F3N2O4S/c1-13-10-24(11-16(13)25)15-6-5-14(19(20,21)22)9-17(15)29(26,27)23-8-7-18(2,3)12-28-4/h5-6,9,13,16,23,25H,7-8,10-12H2,1-4H3/t13-,16-/m1/s1. The van der Waals surface area contributed by atoms with E-state index in [1.54, 1.807) is 18.9 Å². The van der Waals surface area contributed by atoms with Gasteiger partial charge in [-0.3, -0.25) is 0 Å². The van der Waals surface area contributed by atoms with Gasteiger partial charge in [-0.1, -0.05) is 20.8 Å². The number of sulfonamides is 1. The molecular weight excluding hydrogens is 409 g/mol. The van der Waals surface area contributed by atoms with Crippen molar-refractivity contribution in [3.63, 3.8) is 0 Å². The molecule has 1 heterocycles. The van der Waals surface area contributed by atoms with Gasteiger partial charge in [0.2, 0.25) is 10.0 Å². The smallest absolute Gasteiger partial charge is 0.391 e. The zero-order chi connectivity index (χ0) is 22.0. The Labute approximate surface area is 170 Å². The lowest BCUT2D eigenvalue weighted by atomic mass is 9.91. The predicted octanol–water partition coefficient (Wildman–Crippen LogP) is 2.86. The fourth-order valence-electron chi connectivity index (χ4n) is 3.38. The normalized spacial score (nSPS) is 21.0. The van der Waals surface area contributed by atoms with Crippen LogP contribution in [0.3, 0.4) is 0 Å². The van der Waals surface area contributed by atoms with E-state index in [0.717, 1.165) is 12.1 Å². The Morgan fingerprint density at radius 1 is 1.28 bits per heavy atom. The van der Waals surface area contributed by atoms with Crippen LogP contribution >= 0.6 is 0 Å². The average molecular weight is 439 g/mol. The number of hydrogen-bond donors (Lipinski definition) is 2. The maximum Gasteiger partial charge on any atom is 0.416 e. The molecule has 0 bridgehead atoms. The van der Waals surface area contributed by atoms with E-state index < -0.39 is 32.8 Å². The highest BCUT2D eigenvalue weighted by atomic mass is 32.2. The Balaban J connectivity index is 2.34. The number of benzene rings is 1. The SMILES string of the molecule is COCC(C)(C)CCNS(=O)(=O)c1cc(C(F)(F)F)ccc1N1C[C@@H](C)[C@H](O)C1. The molecule has 1 aromatic carbocycles. The van der Waals surface area contributed by atoms with Crippen molar-refractivity contribution in [2.45, 2.75) is 44.4 Å². The Morgan fingerprint density at radius 2 is 1.93 bits per heavy atom. The maximum absolute atomic E-state index is 13.2. The highest BCUT2D eigenvalue weighted by Crippen LogP contribution is 2.36. The third kappa shape index (κ3) is 6.07. The van der Waals surface area contributed by atoms with Crippen LogP contribution in [-0.2, 0) is 20.9 Å². The van der Waals surface area contributed by atoms with E-state index in [-0.39, 0.29) is 30.1 Å². The molecule has 0 spiro atoms. The molecule has 1 saturated heterocycles. The van der Waals surface area contributed by atoms with Gasteiger partial charge in [-0.25, -0.2) is 13.1 Å². The highest BCUT2D eigenvalue weighted by molar-refractivity contribution is 7.89. The molecule has 166 valence electrons. The van der Waals surface area contributed by atoms with Gasteiger partial charge in [0.1, 0.15) is 4.90 Å². The molecule has 1 fully saturated rings. The lowest BCUT2D eigenvalue weighted by molar-refractivity contribution is -0.137. The third-order valence-electron chi connectivity index (χ3n) is 5.12. The molecule has 1 aliphatic heterocycles. The van der Waals surface area contributed by atoms with Crippen LogP contribution in [-0.4, -0.2) is 53.0 Å². The predicted molar refractivity (Wildman–Crippen MR) is 104 cm³/mol. The maximum atomic E-state index is 13.2. The van der Waals surface area contributed by atoms with Crippen molar-refractivity contribution in [2.24, 2.45) is 11.3 Å². The molecule has 2 atom stereocenters. The van der Waals surface area contributed by atoms with Gasteiger partial charge in [0.05, 0.1) is 24.0 Å². The van der Waals surface area contributed by atoms with Crippen LogP contribution in [0.15, 0.2) is 23.1 Å². The molecule has 6 nitrogen and oxygen atoms in total. The van der Waals surface area contributed by atoms with E-state index in [1.165, 1.54) is 0 Å². The van der Waals surface area contributed by atoms with E-state index in [9.17, 15) is 26.7 Å². The largest absolute Gasteiger partial charge is 0.416 e. The lowest BCUT2D eigenvalue weighted by Crippen LogP contribution is -2.32. The van der Waals surface area contributed by atoms with Gasteiger partial charge >= 0.3 is 6.18 Å². The first kappa shape index (κ1) is 23.9. The molecule has 0 aliphatic carbocycles. The Hall–Kier alpha value is -1.36. The number of ether oxygens (including phenoxy) is 1. The van der Waals surface area contributed by atoms with Crippen LogP contribution < -0.4 is 9.62 Å². The Morgan fingerprint density at radius 3 is 2.45 bits per heavy atom. The van der Waals surface area contributed by atoms with Gasteiger partial charge in [-0.2, -0.15) is 13.2 Å². The number of nitrogens with one attached hydrogen (secondary N) is 1. The van der Waals surface area contributed by atoms with Crippen molar-refractivity contribution in [1.82, 2.24) is 4.72 Å². The van der Waals surface area contributed by atoms with E-state index >= 15 is 0 Å². The number of alkyl halides is 3. The van der Waals surface area contributed by atoms with Crippen molar-refractivity contribution < 1.29 is 31.4 Å². The van der Waals surface area contributed by atoms with Crippen molar-refractivity contribution in [3.05, 3.63) is 23.8 Å². The molecular formula is C19H29F3N2O4S. The van der Waals surface area contributed by atoms with E-state index in [0.29, 0.717) is 25.6 Å². The minimum absolute atomic E-state index is 0.0629. The number of rotatable bonds is 8. The topological polar surface area (TPSA) is 78.9 Å². The van der Waals surface area contributed by atoms with Crippen molar-refractivity contribution >= 4 is 15.7 Å². The molecule has 2 N–H and O–H groups in total. The lowest BCUT2D eigenvalue weighted by Gasteiger charge is -2.25. The molecule has 0 amide bonds. The minimum atomic E-state index is -4.67. The Bertz CT molecular complexity index is 802. The quantitative estimate of drug-likeness (QED) is 0.653. The zero-order valence-corrected chi connectivity index (χ0v) is 17.9.